The molecule has 4 nitrogen and oxygen atoms in total. The quantitative estimate of drug-likeness (QED) is 0.789. The predicted octanol–water partition coefficient (Wildman–Crippen LogP) is 2.01. The maximum absolute atomic E-state index is 11.2. The molecule has 1 fully saturated rings. The fourth-order valence-electron chi connectivity index (χ4n) is 3.61. The molecule has 0 radical (unpaired) electrons. The van der Waals surface area contributed by atoms with Crippen LogP contribution >= 0.6 is 0 Å². The first-order valence-electron chi connectivity index (χ1n) is 7.50. The van der Waals surface area contributed by atoms with Crippen LogP contribution in [0.2, 0.25) is 0 Å². The maximum atomic E-state index is 11.2. The van der Waals surface area contributed by atoms with E-state index in [-0.39, 0.29) is 11.8 Å². The average Bonchev–Trinajstić information content (AvgIpc) is 2.81. The van der Waals surface area contributed by atoms with Gasteiger partial charge in [-0.25, -0.2) is 0 Å². The SMILES string of the molecule is NC(=O)C1CCC(NC2CCc3cc(O)ccc32)CC1. The molecule has 0 saturated heterocycles. The number of benzene rings is 1. The van der Waals surface area contributed by atoms with Crippen LogP contribution in [0.5, 0.6) is 5.75 Å². The highest BCUT2D eigenvalue weighted by atomic mass is 16.3. The second kappa shape index (κ2) is 5.44. The Morgan fingerprint density at radius 3 is 2.65 bits per heavy atom. The molecule has 2 aliphatic rings. The highest BCUT2D eigenvalue weighted by Gasteiger charge is 2.29. The lowest BCUT2D eigenvalue weighted by atomic mass is 9.85. The van der Waals surface area contributed by atoms with E-state index in [4.69, 9.17) is 5.73 Å². The van der Waals surface area contributed by atoms with Gasteiger partial charge in [-0.3, -0.25) is 4.79 Å². The van der Waals surface area contributed by atoms with Gasteiger partial charge in [0.2, 0.25) is 5.91 Å². The van der Waals surface area contributed by atoms with Gasteiger partial charge in [0, 0.05) is 18.0 Å². The predicted molar refractivity (Wildman–Crippen MR) is 77.2 cm³/mol. The van der Waals surface area contributed by atoms with Crippen LogP contribution in [0.3, 0.4) is 0 Å². The summed E-state index contributed by atoms with van der Waals surface area (Å²) in [5, 5.41) is 13.2. The topological polar surface area (TPSA) is 75.4 Å². The molecule has 1 unspecified atom stereocenters. The van der Waals surface area contributed by atoms with Crippen molar-refractivity contribution in [2.75, 3.05) is 0 Å². The number of hydrogen-bond acceptors (Lipinski definition) is 3. The molecule has 3 rings (SSSR count). The van der Waals surface area contributed by atoms with Crippen molar-refractivity contribution in [1.82, 2.24) is 5.32 Å². The Hall–Kier alpha value is -1.55. The number of rotatable bonds is 3. The van der Waals surface area contributed by atoms with E-state index in [1.807, 2.05) is 12.1 Å². The number of amides is 1. The first kappa shape index (κ1) is 13.4. The Kier molecular flexibility index (Phi) is 3.66. The number of nitrogens with two attached hydrogens (primary N) is 1. The van der Waals surface area contributed by atoms with Crippen molar-refractivity contribution in [1.29, 1.82) is 0 Å². The van der Waals surface area contributed by atoms with Crippen molar-refractivity contribution in [3.63, 3.8) is 0 Å². The van der Waals surface area contributed by atoms with Crippen molar-refractivity contribution in [3.8, 4) is 5.75 Å². The molecule has 0 heterocycles. The lowest BCUT2D eigenvalue weighted by Gasteiger charge is -2.30. The molecular formula is C16H22N2O2. The van der Waals surface area contributed by atoms with Gasteiger partial charge in [-0.2, -0.15) is 0 Å². The minimum atomic E-state index is -0.148. The average molecular weight is 274 g/mol. The van der Waals surface area contributed by atoms with Gasteiger partial charge in [0.15, 0.2) is 0 Å². The first-order valence-corrected chi connectivity index (χ1v) is 7.50. The number of nitrogens with one attached hydrogen (secondary N) is 1. The lowest BCUT2D eigenvalue weighted by molar-refractivity contribution is -0.122. The van der Waals surface area contributed by atoms with Crippen LogP contribution in [-0.2, 0) is 11.2 Å². The molecule has 1 amide bonds. The Morgan fingerprint density at radius 1 is 1.20 bits per heavy atom. The standard InChI is InChI=1S/C16H22N2O2/c17-16(20)10-1-4-12(5-2-10)18-15-8-3-11-9-13(19)6-7-14(11)15/h6-7,9-10,12,15,18-19H,1-5,8H2,(H2,17,20). The highest BCUT2D eigenvalue weighted by molar-refractivity contribution is 5.76. The van der Waals surface area contributed by atoms with Gasteiger partial charge in [-0.15, -0.1) is 0 Å². The number of primary amides is 1. The molecule has 1 saturated carbocycles. The second-order valence-corrected chi connectivity index (χ2v) is 6.09. The van der Waals surface area contributed by atoms with Gasteiger partial charge in [-0.1, -0.05) is 6.07 Å². The zero-order valence-corrected chi connectivity index (χ0v) is 11.6. The molecule has 20 heavy (non-hydrogen) atoms. The van der Waals surface area contributed by atoms with E-state index in [1.54, 1.807) is 6.07 Å². The molecule has 4 N–H and O–H groups in total. The molecule has 0 aromatic heterocycles. The van der Waals surface area contributed by atoms with Crippen LogP contribution < -0.4 is 11.1 Å². The van der Waals surface area contributed by atoms with Gasteiger partial charge < -0.3 is 16.2 Å². The number of phenols is 1. The van der Waals surface area contributed by atoms with E-state index < -0.39 is 0 Å². The number of carbonyl (C=O) groups excluding carboxylic acids is 1. The summed E-state index contributed by atoms with van der Waals surface area (Å²) in [5.74, 6) is 0.275. The van der Waals surface area contributed by atoms with Crippen LogP contribution in [0, 0.1) is 5.92 Å². The third-order valence-electron chi connectivity index (χ3n) is 4.77. The molecular weight excluding hydrogens is 252 g/mol. The Morgan fingerprint density at radius 2 is 1.95 bits per heavy atom. The molecule has 1 atom stereocenters. The van der Waals surface area contributed by atoms with E-state index in [9.17, 15) is 9.90 Å². The van der Waals surface area contributed by atoms with Gasteiger partial charge in [0.25, 0.3) is 0 Å². The normalized spacial score (nSPS) is 29.1. The van der Waals surface area contributed by atoms with Crippen molar-refractivity contribution in [2.45, 2.75) is 50.6 Å². The summed E-state index contributed by atoms with van der Waals surface area (Å²) in [6.07, 6.45) is 5.98. The molecule has 108 valence electrons. The molecule has 4 heteroatoms. The molecule has 0 spiro atoms. The fraction of sp³-hybridized carbons (Fsp3) is 0.562. The monoisotopic (exact) mass is 274 g/mol. The molecule has 1 aromatic rings. The van der Waals surface area contributed by atoms with Crippen LogP contribution in [0.25, 0.3) is 0 Å². The summed E-state index contributed by atoms with van der Waals surface area (Å²) in [6.45, 7) is 0. The number of hydrogen-bond donors (Lipinski definition) is 3. The van der Waals surface area contributed by atoms with E-state index in [0.717, 1.165) is 38.5 Å². The van der Waals surface area contributed by atoms with Gasteiger partial charge in [0.05, 0.1) is 0 Å². The van der Waals surface area contributed by atoms with Gasteiger partial charge in [0.1, 0.15) is 5.75 Å². The van der Waals surface area contributed by atoms with Gasteiger partial charge in [-0.05, 0) is 61.8 Å². The molecule has 0 bridgehead atoms. The van der Waals surface area contributed by atoms with Crippen LogP contribution in [0.1, 0.15) is 49.3 Å². The van der Waals surface area contributed by atoms with Crippen LogP contribution in [0.15, 0.2) is 18.2 Å². The summed E-state index contributed by atoms with van der Waals surface area (Å²) in [7, 11) is 0. The summed E-state index contributed by atoms with van der Waals surface area (Å²) >= 11 is 0. The van der Waals surface area contributed by atoms with Crippen molar-refractivity contribution in [2.24, 2.45) is 11.7 Å². The van der Waals surface area contributed by atoms with Gasteiger partial charge >= 0.3 is 0 Å². The van der Waals surface area contributed by atoms with Crippen LogP contribution in [0.4, 0.5) is 0 Å². The summed E-state index contributed by atoms with van der Waals surface area (Å²) < 4.78 is 0. The third kappa shape index (κ3) is 2.66. The Labute approximate surface area is 119 Å². The zero-order chi connectivity index (χ0) is 14.1. The maximum Gasteiger partial charge on any atom is 0.220 e. The number of aromatic hydroxyl groups is 1. The number of fused-ring (bicyclic) bond motifs is 1. The highest BCUT2D eigenvalue weighted by Crippen LogP contribution is 2.35. The zero-order valence-electron chi connectivity index (χ0n) is 11.6. The summed E-state index contributed by atoms with van der Waals surface area (Å²) in [4.78, 5) is 11.2. The van der Waals surface area contributed by atoms with E-state index in [0.29, 0.717) is 17.8 Å². The second-order valence-electron chi connectivity index (χ2n) is 6.09. The summed E-state index contributed by atoms with van der Waals surface area (Å²) in [5.41, 5.74) is 7.95. The minimum absolute atomic E-state index is 0.0702. The van der Waals surface area contributed by atoms with Crippen molar-refractivity contribution >= 4 is 5.91 Å². The van der Waals surface area contributed by atoms with Crippen LogP contribution in [-0.4, -0.2) is 17.1 Å². The largest absolute Gasteiger partial charge is 0.508 e. The molecule has 1 aromatic carbocycles. The Bertz CT molecular complexity index is 507. The van der Waals surface area contributed by atoms with E-state index in [2.05, 4.69) is 5.32 Å². The smallest absolute Gasteiger partial charge is 0.220 e. The molecule has 0 aliphatic heterocycles. The van der Waals surface area contributed by atoms with E-state index >= 15 is 0 Å². The summed E-state index contributed by atoms with van der Waals surface area (Å²) in [6, 6.07) is 6.55. The number of phenolic OH excluding ortho intramolecular Hbond substituents is 1. The fourth-order valence-corrected chi connectivity index (χ4v) is 3.61. The Balaban J connectivity index is 1.60. The number of carbonyl (C=O) groups is 1. The molecule has 2 aliphatic carbocycles. The lowest BCUT2D eigenvalue weighted by Crippen LogP contribution is -2.38. The first-order chi connectivity index (χ1) is 9.63. The number of aryl methyl sites for hydroxylation is 1. The van der Waals surface area contributed by atoms with Crippen molar-refractivity contribution < 1.29 is 9.90 Å². The third-order valence-corrected chi connectivity index (χ3v) is 4.77. The van der Waals surface area contributed by atoms with E-state index in [1.165, 1.54) is 11.1 Å². The van der Waals surface area contributed by atoms with Crippen molar-refractivity contribution in [3.05, 3.63) is 29.3 Å². The minimum Gasteiger partial charge on any atom is -0.508 e.